The number of nitrogens with two attached hydrogens (primary N) is 1. The third-order valence-electron chi connectivity index (χ3n) is 2.04. The molecule has 0 saturated carbocycles. The molecule has 0 radical (unpaired) electrons. The molecule has 82 valence electrons. The number of benzene rings is 1. The number of hydrogen-bond donors (Lipinski definition) is 2. The minimum atomic E-state index is -0.677. The Morgan fingerprint density at radius 2 is 2.33 bits per heavy atom. The van der Waals surface area contributed by atoms with Crippen molar-refractivity contribution < 1.29 is 9.18 Å². The second kappa shape index (κ2) is 5.09. The molecule has 0 heterocycles. The number of carbonyl (C=O) groups is 1. The van der Waals surface area contributed by atoms with Gasteiger partial charge >= 0.3 is 0 Å². The Balaban J connectivity index is 2.85. The maximum Gasteiger partial charge on any atom is 0.221 e. The molecular weight excluding hydrogens is 219 g/mol. The molecule has 0 aliphatic carbocycles. The van der Waals surface area contributed by atoms with E-state index < -0.39 is 11.9 Å². The van der Waals surface area contributed by atoms with Crippen LogP contribution in [0, 0.1) is 5.82 Å². The molecule has 1 aromatic rings. The second-order valence-corrected chi connectivity index (χ2v) is 3.59. The summed E-state index contributed by atoms with van der Waals surface area (Å²) in [6.45, 7) is 0. The van der Waals surface area contributed by atoms with Crippen molar-refractivity contribution in [2.75, 3.05) is 7.05 Å². The van der Waals surface area contributed by atoms with E-state index in [1.54, 1.807) is 0 Å². The zero-order chi connectivity index (χ0) is 11.4. The Bertz CT molecular complexity index is 370. The number of carbonyl (C=O) groups excluding carboxylic acids is 1. The fourth-order valence-electron chi connectivity index (χ4n) is 1.21. The zero-order valence-corrected chi connectivity index (χ0v) is 9.01. The van der Waals surface area contributed by atoms with Crippen LogP contribution in [0.15, 0.2) is 18.2 Å². The molecule has 15 heavy (non-hydrogen) atoms. The summed E-state index contributed by atoms with van der Waals surface area (Å²) in [5, 5.41) is 2.83. The summed E-state index contributed by atoms with van der Waals surface area (Å²) in [4.78, 5) is 11.0. The lowest BCUT2D eigenvalue weighted by molar-refractivity contribution is -0.120. The molecule has 0 aliphatic rings. The first-order valence-corrected chi connectivity index (χ1v) is 4.83. The minimum Gasteiger partial charge on any atom is -0.359 e. The predicted molar refractivity (Wildman–Crippen MR) is 57.0 cm³/mol. The van der Waals surface area contributed by atoms with Crippen molar-refractivity contribution in [1.82, 2.24) is 5.32 Å². The summed E-state index contributed by atoms with van der Waals surface area (Å²) in [5.41, 5.74) is 5.94. The van der Waals surface area contributed by atoms with E-state index in [0.29, 0.717) is 5.02 Å². The molecule has 1 rings (SSSR count). The topological polar surface area (TPSA) is 55.1 Å². The highest BCUT2D eigenvalue weighted by Gasteiger charge is 2.14. The highest BCUT2D eigenvalue weighted by atomic mass is 35.5. The van der Waals surface area contributed by atoms with Crippen molar-refractivity contribution in [3.8, 4) is 0 Å². The number of nitrogens with one attached hydrogen (secondary N) is 1. The average molecular weight is 231 g/mol. The van der Waals surface area contributed by atoms with Crippen molar-refractivity contribution in [2.24, 2.45) is 5.73 Å². The van der Waals surface area contributed by atoms with Gasteiger partial charge in [-0.25, -0.2) is 4.39 Å². The van der Waals surface area contributed by atoms with Gasteiger partial charge in [-0.2, -0.15) is 0 Å². The van der Waals surface area contributed by atoms with Crippen molar-refractivity contribution in [3.05, 3.63) is 34.6 Å². The molecule has 1 unspecified atom stereocenters. The first kappa shape index (κ1) is 11.9. The lowest BCUT2D eigenvalue weighted by Crippen LogP contribution is -2.24. The van der Waals surface area contributed by atoms with E-state index in [2.05, 4.69) is 5.32 Å². The summed E-state index contributed by atoms with van der Waals surface area (Å²) in [6.07, 6.45) is 0.0355. The Morgan fingerprint density at radius 3 is 2.93 bits per heavy atom. The highest BCUT2D eigenvalue weighted by Crippen LogP contribution is 2.21. The first-order chi connectivity index (χ1) is 7.04. The van der Waals surface area contributed by atoms with Crippen LogP contribution in [0.4, 0.5) is 4.39 Å². The highest BCUT2D eigenvalue weighted by molar-refractivity contribution is 6.30. The fraction of sp³-hybridized carbons (Fsp3) is 0.300. The molecule has 0 bridgehead atoms. The molecule has 0 saturated heterocycles. The van der Waals surface area contributed by atoms with Crippen LogP contribution in [-0.4, -0.2) is 13.0 Å². The maximum absolute atomic E-state index is 13.3. The van der Waals surface area contributed by atoms with Crippen LogP contribution in [0.3, 0.4) is 0 Å². The summed E-state index contributed by atoms with van der Waals surface area (Å²) >= 11 is 5.71. The molecule has 1 amide bonds. The second-order valence-electron chi connectivity index (χ2n) is 3.15. The Morgan fingerprint density at radius 1 is 1.67 bits per heavy atom. The summed E-state index contributed by atoms with van der Waals surface area (Å²) < 4.78 is 13.3. The van der Waals surface area contributed by atoms with Gasteiger partial charge < -0.3 is 11.1 Å². The van der Waals surface area contributed by atoms with Crippen LogP contribution in [0.2, 0.25) is 5.02 Å². The monoisotopic (exact) mass is 230 g/mol. The van der Waals surface area contributed by atoms with E-state index in [1.807, 2.05) is 0 Å². The third kappa shape index (κ3) is 3.18. The first-order valence-electron chi connectivity index (χ1n) is 4.45. The molecule has 1 atom stereocenters. The maximum atomic E-state index is 13.3. The Labute approximate surface area is 92.4 Å². The van der Waals surface area contributed by atoms with Gasteiger partial charge in [0.15, 0.2) is 0 Å². The van der Waals surface area contributed by atoms with E-state index >= 15 is 0 Å². The third-order valence-corrected chi connectivity index (χ3v) is 2.28. The van der Waals surface area contributed by atoms with Gasteiger partial charge in [0.2, 0.25) is 5.91 Å². The van der Waals surface area contributed by atoms with Gasteiger partial charge in [-0.3, -0.25) is 4.79 Å². The van der Waals surface area contributed by atoms with Crippen LogP contribution < -0.4 is 11.1 Å². The van der Waals surface area contributed by atoms with Gasteiger partial charge in [-0.1, -0.05) is 11.6 Å². The summed E-state index contributed by atoms with van der Waals surface area (Å²) in [6, 6.07) is 3.43. The van der Waals surface area contributed by atoms with E-state index in [9.17, 15) is 9.18 Å². The van der Waals surface area contributed by atoms with Crippen LogP contribution in [0.1, 0.15) is 18.0 Å². The van der Waals surface area contributed by atoms with Crippen molar-refractivity contribution >= 4 is 17.5 Å². The molecule has 0 aromatic heterocycles. The zero-order valence-electron chi connectivity index (χ0n) is 8.26. The van der Waals surface area contributed by atoms with Crippen LogP contribution in [0.5, 0.6) is 0 Å². The molecule has 0 fully saturated rings. The average Bonchev–Trinajstić information content (AvgIpc) is 2.21. The number of halogens is 2. The molecule has 1 aromatic carbocycles. The van der Waals surface area contributed by atoms with Crippen molar-refractivity contribution in [3.63, 3.8) is 0 Å². The standard InChI is InChI=1S/C10H12ClFN2O/c1-14-10(15)5-9(13)7-4-6(11)2-3-8(7)12/h2-4,9H,5,13H2,1H3,(H,14,15). The van der Waals surface area contributed by atoms with Crippen LogP contribution in [-0.2, 0) is 4.79 Å². The molecule has 0 aliphatic heterocycles. The number of amides is 1. The molecule has 3 nitrogen and oxygen atoms in total. The minimum absolute atomic E-state index is 0.0355. The van der Waals surface area contributed by atoms with Crippen molar-refractivity contribution in [2.45, 2.75) is 12.5 Å². The molecule has 3 N–H and O–H groups in total. The predicted octanol–water partition coefficient (Wildman–Crippen LogP) is 1.62. The van der Waals surface area contributed by atoms with Gasteiger partial charge in [0, 0.05) is 30.1 Å². The van der Waals surface area contributed by atoms with E-state index in [4.69, 9.17) is 17.3 Å². The fourth-order valence-corrected chi connectivity index (χ4v) is 1.39. The molecule has 5 heteroatoms. The summed E-state index contributed by atoms with van der Waals surface area (Å²) in [7, 11) is 1.50. The summed E-state index contributed by atoms with van der Waals surface area (Å²) in [5.74, 6) is -0.683. The van der Waals surface area contributed by atoms with Gasteiger partial charge in [0.1, 0.15) is 5.82 Å². The van der Waals surface area contributed by atoms with Gasteiger partial charge in [-0.15, -0.1) is 0 Å². The van der Waals surface area contributed by atoms with Crippen molar-refractivity contribution in [1.29, 1.82) is 0 Å². The van der Waals surface area contributed by atoms with Gasteiger partial charge in [-0.05, 0) is 18.2 Å². The largest absolute Gasteiger partial charge is 0.359 e. The quantitative estimate of drug-likeness (QED) is 0.829. The Kier molecular flexibility index (Phi) is 4.05. The van der Waals surface area contributed by atoms with E-state index in [-0.39, 0.29) is 17.9 Å². The SMILES string of the molecule is CNC(=O)CC(N)c1cc(Cl)ccc1F. The lowest BCUT2D eigenvalue weighted by atomic mass is 10.0. The number of hydrogen-bond acceptors (Lipinski definition) is 2. The van der Waals surface area contributed by atoms with Gasteiger partial charge in [0.25, 0.3) is 0 Å². The molecular formula is C10H12ClFN2O. The van der Waals surface area contributed by atoms with E-state index in [0.717, 1.165) is 0 Å². The lowest BCUT2D eigenvalue weighted by Gasteiger charge is -2.12. The van der Waals surface area contributed by atoms with Gasteiger partial charge in [0.05, 0.1) is 0 Å². The normalized spacial score (nSPS) is 12.3. The smallest absolute Gasteiger partial charge is 0.221 e. The van der Waals surface area contributed by atoms with Crippen LogP contribution >= 0.6 is 11.6 Å². The van der Waals surface area contributed by atoms with E-state index in [1.165, 1.54) is 25.2 Å². The Hall–Kier alpha value is -1.13. The number of rotatable bonds is 3. The van der Waals surface area contributed by atoms with Crippen LogP contribution in [0.25, 0.3) is 0 Å². The molecule has 0 spiro atoms.